The lowest BCUT2D eigenvalue weighted by Crippen LogP contribution is -2.32. The Bertz CT molecular complexity index is 1280. The van der Waals surface area contributed by atoms with E-state index in [4.69, 9.17) is 16.3 Å². The summed E-state index contributed by atoms with van der Waals surface area (Å²) in [7, 11) is 1.54. The summed E-state index contributed by atoms with van der Waals surface area (Å²) in [5.74, 6) is -0.378. The van der Waals surface area contributed by atoms with Crippen LogP contribution in [0.5, 0.6) is 5.75 Å². The maximum absolute atomic E-state index is 13.6. The molecule has 0 saturated heterocycles. The topological polar surface area (TPSA) is 58.6 Å². The average molecular weight is 447 g/mol. The van der Waals surface area contributed by atoms with Crippen molar-refractivity contribution in [2.24, 2.45) is 0 Å². The SMILES string of the molecule is COc1ccccc1C1=C(Nc2cc(C)ccc2C)C(=O)N(c2ccc(C)c(Cl)c2)C1=O. The van der Waals surface area contributed by atoms with E-state index < -0.39 is 11.8 Å². The number of carbonyl (C=O) groups is 2. The Morgan fingerprint density at radius 3 is 2.31 bits per heavy atom. The van der Waals surface area contributed by atoms with Gasteiger partial charge in [-0.25, -0.2) is 4.90 Å². The summed E-state index contributed by atoms with van der Waals surface area (Å²) < 4.78 is 5.49. The lowest BCUT2D eigenvalue weighted by molar-refractivity contribution is -0.120. The summed E-state index contributed by atoms with van der Waals surface area (Å²) >= 11 is 6.29. The minimum Gasteiger partial charge on any atom is -0.496 e. The third kappa shape index (κ3) is 3.76. The molecule has 32 heavy (non-hydrogen) atoms. The first-order chi connectivity index (χ1) is 15.3. The number of halogens is 1. The Kier molecular flexibility index (Phi) is 5.76. The minimum atomic E-state index is -0.447. The van der Waals surface area contributed by atoms with Gasteiger partial charge in [0.1, 0.15) is 11.4 Å². The average Bonchev–Trinajstić information content (AvgIpc) is 3.02. The van der Waals surface area contributed by atoms with Gasteiger partial charge in [0.15, 0.2) is 0 Å². The molecule has 0 radical (unpaired) electrons. The van der Waals surface area contributed by atoms with Crippen LogP contribution in [0.4, 0.5) is 11.4 Å². The zero-order valence-electron chi connectivity index (χ0n) is 18.3. The van der Waals surface area contributed by atoms with Crippen molar-refractivity contribution in [1.82, 2.24) is 0 Å². The van der Waals surface area contributed by atoms with Crippen molar-refractivity contribution in [3.05, 3.63) is 93.6 Å². The van der Waals surface area contributed by atoms with Gasteiger partial charge < -0.3 is 10.1 Å². The Balaban J connectivity index is 1.89. The zero-order chi connectivity index (χ0) is 23.0. The van der Waals surface area contributed by atoms with Crippen LogP contribution in [0.3, 0.4) is 0 Å². The summed E-state index contributed by atoms with van der Waals surface area (Å²) in [4.78, 5) is 28.4. The molecule has 0 aliphatic carbocycles. The number of para-hydroxylation sites is 1. The van der Waals surface area contributed by atoms with Crippen LogP contribution in [0, 0.1) is 20.8 Å². The van der Waals surface area contributed by atoms with E-state index in [9.17, 15) is 9.59 Å². The standard InChI is InChI=1S/C26H23ClN2O3/c1-15-9-10-17(3)21(13-15)28-24-23(19-7-5-6-8-22(19)32-4)25(30)29(26(24)31)18-12-11-16(2)20(27)14-18/h5-14,28H,1-4H3. The maximum Gasteiger partial charge on any atom is 0.282 e. The number of benzene rings is 3. The predicted molar refractivity (Wildman–Crippen MR) is 128 cm³/mol. The summed E-state index contributed by atoms with van der Waals surface area (Å²) in [6.07, 6.45) is 0. The number of nitrogens with one attached hydrogen (secondary N) is 1. The van der Waals surface area contributed by atoms with Crippen molar-refractivity contribution in [1.29, 1.82) is 0 Å². The molecule has 1 heterocycles. The van der Waals surface area contributed by atoms with Crippen LogP contribution in [0.1, 0.15) is 22.3 Å². The van der Waals surface area contributed by atoms with Crippen molar-refractivity contribution in [2.45, 2.75) is 20.8 Å². The van der Waals surface area contributed by atoms with E-state index >= 15 is 0 Å². The molecule has 1 N–H and O–H groups in total. The maximum atomic E-state index is 13.6. The van der Waals surface area contributed by atoms with Crippen LogP contribution in [0.25, 0.3) is 5.57 Å². The first-order valence-corrected chi connectivity index (χ1v) is 10.6. The molecule has 6 heteroatoms. The number of amides is 2. The molecule has 3 aromatic carbocycles. The molecule has 1 aliphatic rings. The van der Waals surface area contributed by atoms with Crippen LogP contribution >= 0.6 is 11.6 Å². The van der Waals surface area contributed by atoms with Crippen molar-refractivity contribution < 1.29 is 14.3 Å². The molecular weight excluding hydrogens is 424 g/mol. The van der Waals surface area contributed by atoms with Gasteiger partial charge in [-0.05, 0) is 61.7 Å². The monoisotopic (exact) mass is 446 g/mol. The van der Waals surface area contributed by atoms with Gasteiger partial charge in [0.25, 0.3) is 11.8 Å². The number of hydrogen-bond acceptors (Lipinski definition) is 4. The number of nitrogens with zero attached hydrogens (tertiary/aromatic N) is 1. The number of rotatable bonds is 5. The Labute approximate surface area is 192 Å². The fraction of sp³-hybridized carbons (Fsp3) is 0.154. The van der Waals surface area contributed by atoms with E-state index in [-0.39, 0.29) is 11.3 Å². The number of imide groups is 1. The third-order valence-electron chi connectivity index (χ3n) is 5.53. The molecule has 1 aliphatic heterocycles. The van der Waals surface area contributed by atoms with Gasteiger partial charge in [-0.1, -0.05) is 48.0 Å². The van der Waals surface area contributed by atoms with Gasteiger partial charge >= 0.3 is 0 Å². The molecule has 2 amide bonds. The van der Waals surface area contributed by atoms with Gasteiger partial charge in [0, 0.05) is 16.3 Å². The van der Waals surface area contributed by atoms with Crippen LogP contribution in [-0.2, 0) is 9.59 Å². The van der Waals surface area contributed by atoms with Crippen molar-refractivity contribution in [3.8, 4) is 5.75 Å². The van der Waals surface area contributed by atoms with E-state index in [2.05, 4.69) is 5.32 Å². The highest BCUT2D eigenvalue weighted by atomic mass is 35.5. The van der Waals surface area contributed by atoms with Crippen LogP contribution in [0.2, 0.25) is 5.02 Å². The normalized spacial score (nSPS) is 13.7. The van der Waals surface area contributed by atoms with Gasteiger partial charge in [0.05, 0.1) is 18.4 Å². The zero-order valence-corrected chi connectivity index (χ0v) is 19.1. The summed E-state index contributed by atoms with van der Waals surface area (Å²) in [5, 5.41) is 3.72. The number of anilines is 2. The summed E-state index contributed by atoms with van der Waals surface area (Å²) in [5.41, 5.74) is 5.03. The highest BCUT2D eigenvalue weighted by Crippen LogP contribution is 2.38. The number of ether oxygens (including phenoxy) is 1. The Morgan fingerprint density at radius 2 is 1.59 bits per heavy atom. The Hall–Kier alpha value is -3.57. The predicted octanol–water partition coefficient (Wildman–Crippen LogP) is 5.67. The molecule has 5 nitrogen and oxygen atoms in total. The number of carbonyl (C=O) groups excluding carboxylic acids is 2. The van der Waals surface area contributed by atoms with Gasteiger partial charge in [-0.2, -0.15) is 0 Å². The lowest BCUT2D eigenvalue weighted by Gasteiger charge is -2.17. The second kappa shape index (κ2) is 8.52. The summed E-state index contributed by atoms with van der Waals surface area (Å²) in [6.45, 7) is 5.79. The Morgan fingerprint density at radius 1 is 0.875 bits per heavy atom. The highest BCUT2D eigenvalue weighted by molar-refractivity contribution is 6.46. The van der Waals surface area contributed by atoms with E-state index in [0.29, 0.717) is 22.0 Å². The molecule has 0 bridgehead atoms. The molecule has 0 unspecified atom stereocenters. The first kappa shape index (κ1) is 21.7. The van der Waals surface area contributed by atoms with Crippen LogP contribution in [0.15, 0.2) is 66.4 Å². The van der Waals surface area contributed by atoms with Crippen molar-refractivity contribution in [2.75, 3.05) is 17.3 Å². The quantitative estimate of drug-likeness (QED) is 0.513. The van der Waals surface area contributed by atoms with E-state index in [1.807, 2.05) is 51.1 Å². The molecule has 162 valence electrons. The van der Waals surface area contributed by atoms with E-state index in [1.165, 1.54) is 7.11 Å². The van der Waals surface area contributed by atoms with E-state index in [1.54, 1.807) is 30.3 Å². The lowest BCUT2D eigenvalue weighted by atomic mass is 10.0. The van der Waals surface area contributed by atoms with Crippen molar-refractivity contribution in [3.63, 3.8) is 0 Å². The molecule has 0 saturated carbocycles. The molecular formula is C26H23ClN2O3. The van der Waals surface area contributed by atoms with Gasteiger partial charge in [-0.15, -0.1) is 0 Å². The third-order valence-corrected chi connectivity index (χ3v) is 5.93. The molecule has 0 fully saturated rings. The fourth-order valence-electron chi connectivity index (χ4n) is 3.71. The number of methoxy groups -OCH3 is 1. The molecule has 0 aromatic heterocycles. The van der Waals surface area contributed by atoms with Gasteiger partial charge in [-0.3, -0.25) is 9.59 Å². The second-order valence-corrected chi connectivity index (χ2v) is 8.18. The minimum absolute atomic E-state index is 0.199. The second-order valence-electron chi connectivity index (χ2n) is 7.77. The van der Waals surface area contributed by atoms with Crippen LogP contribution < -0.4 is 15.0 Å². The fourth-order valence-corrected chi connectivity index (χ4v) is 3.88. The first-order valence-electron chi connectivity index (χ1n) is 10.2. The van der Waals surface area contributed by atoms with Crippen LogP contribution in [-0.4, -0.2) is 18.9 Å². The molecule has 4 rings (SSSR count). The molecule has 0 atom stereocenters. The van der Waals surface area contributed by atoms with E-state index in [0.717, 1.165) is 27.3 Å². The molecule has 0 spiro atoms. The largest absolute Gasteiger partial charge is 0.496 e. The molecule has 3 aromatic rings. The number of hydrogen-bond donors (Lipinski definition) is 1. The number of aryl methyl sites for hydroxylation is 3. The smallest absolute Gasteiger partial charge is 0.282 e. The van der Waals surface area contributed by atoms with Gasteiger partial charge in [0.2, 0.25) is 0 Å². The summed E-state index contributed by atoms with van der Waals surface area (Å²) in [6, 6.07) is 18.2. The highest BCUT2D eigenvalue weighted by Gasteiger charge is 2.41. The van der Waals surface area contributed by atoms with Crippen molar-refractivity contribution >= 4 is 40.4 Å².